The van der Waals surface area contributed by atoms with E-state index < -0.39 is 0 Å². The molecule has 2 aliphatic rings. The van der Waals surface area contributed by atoms with Gasteiger partial charge in [-0.2, -0.15) is 0 Å². The third-order valence-corrected chi connectivity index (χ3v) is 6.56. The largest absolute Gasteiger partial charge is 0.347 e. The van der Waals surface area contributed by atoms with Crippen molar-refractivity contribution < 1.29 is 9.59 Å². The highest BCUT2D eigenvalue weighted by molar-refractivity contribution is 7.15. The molecule has 26 heavy (non-hydrogen) atoms. The standard InChI is InChI=1S/C18H25N5O2S/c1-12-16(23-6-7-26-17(23)19-12)9-21-5-4-15-8-22(14(3)25)11-18(15,10-21)20-13(2)24/h6-7,15H,4-5,8-11H2,1-3H3,(H,20,24)/t15-,18-/m1/s1. The summed E-state index contributed by atoms with van der Waals surface area (Å²) in [5.74, 6) is 0.379. The molecule has 4 rings (SSSR count). The van der Waals surface area contributed by atoms with Gasteiger partial charge in [0, 0.05) is 57.5 Å². The van der Waals surface area contributed by atoms with E-state index in [1.54, 1.807) is 25.2 Å². The van der Waals surface area contributed by atoms with Crippen LogP contribution >= 0.6 is 11.3 Å². The van der Waals surface area contributed by atoms with Crippen molar-refractivity contribution in [3.63, 3.8) is 0 Å². The zero-order chi connectivity index (χ0) is 18.5. The number of hydrogen-bond acceptors (Lipinski definition) is 5. The van der Waals surface area contributed by atoms with E-state index in [1.807, 2.05) is 4.90 Å². The molecule has 8 heteroatoms. The number of imidazole rings is 1. The summed E-state index contributed by atoms with van der Waals surface area (Å²) in [6.45, 7) is 9.10. The van der Waals surface area contributed by atoms with E-state index in [0.29, 0.717) is 12.5 Å². The molecule has 140 valence electrons. The Bertz CT molecular complexity index is 859. The molecule has 2 saturated heterocycles. The Morgan fingerprint density at radius 1 is 1.38 bits per heavy atom. The maximum absolute atomic E-state index is 11.9. The van der Waals surface area contributed by atoms with E-state index in [4.69, 9.17) is 0 Å². The van der Waals surface area contributed by atoms with Crippen LogP contribution in [0.4, 0.5) is 0 Å². The monoisotopic (exact) mass is 375 g/mol. The van der Waals surface area contributed by atoms with Crippen molar-refractivity contribution in [3.8, 4) is 0 Å². The summed E-state index contributed by atoms with van der Waals surface area (Å²) < 4.78 is 2.16. The number of hydrogen-bond donors (Lipinski definition) is 1. The first kappa shape index (κ1) is 17.5. The summed E-state index contributed by atoms with van der Waals surface area (Å²) in [5.41, 5.74) is 1.92. The lowest BCUT2D eigenvalue weighted by atomic mass is 9.80. The molecule has 0 spiro atoms. The van der Waals surface area contributed by atoms with E-state index in [-0.39, 0.29) is 17.4 Å². The van der Waals surface area contributed by atoms with Gasteiger partial charge in [-0.3, -0.25) is 18.9 Å². The molecular weight excluding hydrogens is 350 g/mol. The van der Waals surface area contributed by atoms with Crippen molar-refractivity contribution in [3.05, 3.63) is 23.0 Å². The SMILES string of the molecule is CC(=O)N[C@@]12CN(Cc3c(C)nc4sccn34)CC[C@@H]1CN(C(C)=O)C2. The minimum absolute atomic E-state index is 0.0250. The lowest BCUT2D eigenvalue weighted by Crippen LogP contribution is -2.63. The summed E-state index contributed by atoms with van der Waals surface area (Å²) in [6, 6.07) is 0. The first-order valence-corrected chi connectivity index (χ1v) is 9.93. The zero-order valence-corrected chi connectivity index (χ0v) is 16.3. The van der Waals surface area contributed by atoms with Crippen molar-refractivity contribution in [2.24, 2.45) is 5.92 Å². The fourth-order valence-electron chi connectivity index (χ4n) is 4.59. The van der Waals surface area contributed by atoms with E-state index in [2.05, 4.69) is 38.1 Å². The molecule has 0 unspecified atom stereocenters. The van der Waals surface area contributed by atoms with E-state index in [1.165, 1.54) is 5.69 Å². The Morgan fingerprint density at radius 3 is 2.92 bits per heavy atom. The average molecular weight is 375 g/mol. The molecule has 2 aromatic heterocycles. The lowest BCUT2D eigenvalue weighted by molar-refractivity contribution is -0.128. The van der Waals surface area contributed by atoms with Gasteiger partial charge in [-0.25, -0.2) is 4.98 Å². The number of nitrogens with zero attached hydrogens (tertiary/aromatic N) is 4. The van der Waals surface area contributed by atoms with Crippen LogP contribution in [0.2, 0.25) is 0 Å². The van der Waals surface area contributed by atoms with Crippen molar-refractivity contribution in [2.75, 3.05) is 26.2 Å². The van der Waals surface area contributed by atoms with Crippen LogP contribution < -0.4 is 5.32 Å². The van der Waals surface area contributed by atoms with Crippen LogP contribution in [0.3, 0.4) is 0 Å². The molecule has 0 aromatic carbocycles. The van der Waals surface area contributed by atoms with Gasteiger partial charge < -0.3 is 10.2 Å². The Balaban J connectivity index is 1.58. The first-order chi connectivity index (χ1) is 12.4. The number of carbonyl (C=O) groups excluding carboxylic acids is 2. The molecular formula is C18H25N5O2S. The topological polar surface area (TPSA) is 70.0 Å². The normalized spacial score (nSPS) is 26.3. The van der Waals surface area contributed by atoms with Gasteiger partial charge in [-0.15, -0.1) is 11.3 Å². The van der Waals surface area contributed by atoms with E-state index in [0.717, 1.165) is 43.3 Å². The molecule has 1 N–H and O–H groups in total. The van der Waals surface area contributed by atoms with Gasteiger partial charge in [0.1, 0.15) is 0 Å². The third-order valence-electron chi connectivity index (χ3n) is 5.80. The Labute approximate surface area is 157 Å². The molecule has 2 aromatic rings. The number of nitrogens with one attached hydrogen (secondary N) is 1. The number of likely N-dealkylation sites (tertiary alicyclic amines) is 2. The molecule has 7 nitrogen and oxygen atoms in total. The van der Waals surface area contributed by atoms with Crippen LogP contribution in [0.5, 0.6) is 0 Å². The predicted octanol–water partition coefficient (Wildman–Crippen LogP) is 1.26. The minimum Gasteiger partial charge on any atom is -0.347 e. The number of thiazole rings is 1. The fraction of sp³-hybridized carbons (Fsp3) is 0.611. The molecule has 0 aliphatic carbocycles. The van der Waals surface area contributed by atoms with E-state index >= 15 is 0 Å². The van der Waals surface area contributed by atoms with Crippen LogP contribution in [-0.4, -0.2) is 62.7 Å². The molecule has 0 bridgehead atoms. The Hall–Kier alpha value is -1.93. The highest BCUT2D eigenvalue weighted by atomic mass is 32.1. The highest BCUT2D eigenvalue weighted by Crippen LogP contribution is 2.36. The van der Waals surface area contributed by atoms with Crippen molar-refractivity contribution in [1.29, 1.82) is 0 Å². The summed E-state index contributed by atoms with van der Waals surface area (Å²) in [4.78, 5) is 33.7. The predicted molar refractivity (Wildman–Crippen MR) is 100.0 cm³/mol. The van der Waals surface area contributed by atoms with Gasteiger partial charge in [0.25, 0.3) is 0 Å². The van der Waals surface area contributed by atoms with Gasteiger partial charge in [0.15, 0.2) is 4.96 Å². The third kappa shape index (κ3) is 2.91. The molecule has 2 fully saturated rings. The van der Waals surface area contributed by atoms with Crippen molar-refractivity contribution in [2.45, 2.75) is 39.3 Å². The average Bonchev–Trinajstić information content (AvgIpc) is 3.21. The van der Waals surface area contributed by atoms with E-state index in [9.17, 15) is 9.59 Å². The van der Waals surface area contributed by atoms with Gasteiger partial charge in [0.05, 0.1) is 16.9 Å². The maximum atomic E-state index is 11.9. The van der Waals surface area contributed by atoms with Crippen LogP contribution in [0, 0.1) is 12.8 Å². The second kappa shape index (κ2) is 6.35. The van der Waals surface area contributed by atoms with Crippen LogP contribution in [-0.2, 0) is 16.1 Å². The molecule has 4 heterocycles. The second-order valence-corrected chi connectivity index (χ2v) is 8.51. The number of rotatable bonds is 3. The van der Waals surface area contributed by atoms with Crippen LogP contribution in [0.1, 0.15) is 31.7 Å². The number of aromatic nitrogens is 2. The fourth-order valence-corrected chi connectivity index (χ4v) is 5.37. The minimum atomic E-state index is -0.345. The van der Waals surface area contributed by atoms with Crippen molar-refractivity contribution >= 4 is 28.1 Å². The number of fused-ring (bicyclic) bond motifs is 2. The smallest absolute Gasteiger partial charge is 0.219 e. The Kier molecular flexibility index (Phi) is 4.27. The zero-order valence-electron chi connectivity index (χ0n) is 15.5. The van der Waals surface area contributed by atoms with Gasteiger partial charge in [0.2, 0.25) is 11.8 Å². The molecule has 2 aliphatic heterocycles. The summed E-state index contributed by atoms with van der Waals surface area (Å²) in [7, 11) is 0. The molecule has 2 atom stereocenters. The quantitative estimate of drug-likeness (QED) is 0.877. The molecule has 0 saturated carbocycles. The number of amides is 2. The molecule has 0 radical (unpaired) electrons. The second-order valence-electron chi connectivity index (χ2n) is 7.63. The molecule has 2 amide bonds. The van der Waals surface area contributed by atoms with Crippen LogP contribution in [0.25, 0.3) is 4.96 Å². The number of aryl methyl sites for hydroxylation is 1. The van der Waals surface area contributed by atoms with Gasteiger partial charge >= 0.3 is 0 Å². The summed E-state index contributed by atoms with van der Waals surface area (Å²) in [5, 5.41) is 5.26. The summed E-state index contributed by atoms with van der Waals surface area (Å²) in [6.07, 6.45) is 3.05. The lowest BCUT2D eigenvalue weighted by Gasteiger charge is -2.44. The summed E-state index contributed by atoms with van der Waals surface area (Å²) >= 11 is 1.64. The van der Waals surface area contributed by atoms with Crippen LogP contribution in [0.15, 0.2) is 11.6 Å². The Morgan fingerprint density at radius 2 is 2.19 bits per heavy atom. The highest BCUT2D eigenvalue weighted by Gasteiger charge is 2.51. The van der Waals surface area contributed by atoms with Gasteiger partial charge in [-0.1, -0.05) is 0 Å². The number of piperidine rings is 1. The number of carbonyl (C=O) groups is 2. The maximum Gasteiger partial charge on any atom is 0.219 e. The van der Waals surface area contributed by atoms with Gasteiger partial charge in [-0.05, 0) is 19.9 Å². The first-order valence-electron chi connectivity index (χ1n) is 9.05. The van der Waals surface area contributed by atoms with Crippen molar-refractivity contribution in [1.82, 2.24) is 24.5 Å².